The zero-order valence-electron chi connectivity index (χ0n) is 10.4. The van der Waals surface area contributed by atoms with E-state index in [1.807, 2.05) is 0 Å². The summed E-state index contributed by atoms with van der Waals surface area (Å²) in [6, 6.07) is 2.97. The Hall–Kier alpha value is -1.06. The van der Waals surface area contributed by atoms with E-state index < -0.39 is 15.8 Å². The average molecular weight is 335 g/mol. The van der Waals surface area contributed by atoms with Gasteiger partial charge in [-0.25, -0.2) is 13.2 Å². The smallest absolute Gasteiger partial charge is 0.345 e. The van der Waals surface area contributed by atoms with Crippen LogP contribution in [0.5, 0.6) is 0 Å². The number of thiophene rings is 1. The molecular weight excluding hydrogens is 322 g/mol. The third-order valence-corrected chi connectivity index (χ3v) is 6.99. The summed E-state index contributed by atoms with van der Waals surface area (Å²) in [6.07, 6.45) is 0.586. The molecule has 1 amide bonds. The van der Waals surface area contributed by atoms with E-state index in [2.05, 4.69) is 5.32 Å². The highest BCUT2D eigenvalue weighted by Gasteiger charge is 2.28. The maximum Gasteiger partial charge on any atom is 0.345 e. The third kappa shape index (κ3) is 4.22. The number of carboxylic acid groups (broad SMARTS) is 1. The summed E-state index contributed by atoms with van der Waals surface area (Å²) < 4.78 is 22.6. The van der Waals surface area contributed by atoms with Crippen molar-refractivity contribution in [2.45, 2.75) is 11.7 Å². The molecule has 1 aromatic rings. The van der Waals surface area contributed by atoms with Gasteiger partial charge in [0, 0.05) is 5.25 Å². The molecule has 20 heavy (non-hydrogen) atoms. The van der Waals surface area contributed by atoms with Gasteiger partial charge in [0.25, 0.3) is 0 Å². The lowest BCUT2D eigenvalue weighted by Gasteiger charge is -2.06. The number of carboxylic acids is 1. The summed E-state index contributed by atoms with van der Waals surface area (Å²) in [5.74, 6) is -0.786. The maximum atomic E-state index is 11.7. The quantitative estimate of drug-likeness (QED) is 0.841. The number of nitrogens with one attached hydrogen (secondary N) is 1. The third-order valence-electron chi connectivity index (χ3n) is 2.72. The van der Waals surface area contributed by atoms with E-state index >= 15 is 0 Å². The Morgan fingerprint density at radius 3 is 2.75 bits per heavy atom. The SMILES string of the molecule is O=C(CSC1CCS(=O)(=O)C1)Nc1ccc(C(=O)O)s1. The van der Waals surface area contributed by atoms with Crippen molar-refractivity contribution in [1.29, 1.82) is 0 Å². The van der Waals surface area contributed by atoms with Gasteiger partial charge < -0.3 is 10.4 Å². The first-order chi connectivity index (χ1) is 9.35. The van der Waals surface area contributed by atoms with Crippen molar-refractivity contribution in [3.8, 4) is 0 Å². The highest BCUT2D eigenvalue weighted by molar-refractivity contribution is 8.02. The van der Waals surface area contributed by atoms with Gasteiger partial charge >= 0.3 is 5.97 Å². The van der Waals surface area contributed by atoms with Crippen LogP contribution in [0.15, 0.2) is 12.1 Å². The standard InChI is InChI=1S/C11H13NO5S3/c13-9(5-18-7-3-4-20(16,17)6-7)12-10-2-1-8(19-10)11(14)15/h1-2,7H,3-6H2,(H,12,13)(H,14,15). The van der Waals surface area contributed by atoms with Crippen molar-refractivity contribution in [2.24, 2.45) is 0 Å². The fourth-order valence-electron chi connectivity index (χ4n) is 1.78. The number of sulfone groups is 1. The predicted molar refractivity (Wildman–Crippen MR) is 79.4 cm³/mol. The Morgan fingerprint density at radius 1 is 1.45 bits per heavy atom. The number of hydrogen-bond donors (Lipinski definition) is 2. The largest absolute Gasteiger partial charge is 0.477 e. The molecule has 0 aromatic carbocycles. The normalized spacial score (nSPS) is 20.7. The Labute approximate surface area is 124 Å². The van der Waals surface area contributed by atoms with Crippen molar-refractivity contribution in [1.82, 2.24) is 0 Å². The van der Waals surface area contributed by atoms with Crippen molar-refractivity contribution in [3.05, 3.63) is 17.0 Å². The van der Waals surface area contributed by atoms with Gasteiger partial charge in [-0.15, -0.1) is 23.1 Å². The van der Waals surface area contributed by atoms with Crippen molar-refractivity contribution < 1.29 is 23.1 Å². The molecule has 2 N–H and O–H groups in total. The molecule has 1 fully saturated rings. The van der Waals surface area contributed by atoms with Crippen LogP contribution in [-0.4, -0.2) is 47.9 Å². The molecule has 6 nitrogen and oxygen atoms in total. The number of amides is 1. The molecule has 1 saturated heterocycles. The van der Waals surface area contributed by atoms with Crippen LogP contribution in [0.3, 0.4) is 0 Å². The molecule has 9 heteroatoms. The van der Waals surface area contributed by atoms with Gasteiger partial charge in [0.05, 0.1) is 22.3 Å². The minimum absolute atomic E-state index is 0.0244. The Morgan fingerprint density at radius 2 is 2.20 bits per heavy atom. The molecule has 1 aliphatic rings. The molecule has 1 aromatic heterocycles. The molecule has 1 atom stereocenters. The number of hydrogen-bond acceptors (Lipinski definition) is 6. The predicted octanol–water partition coefficient (Wildman–Crippen LogP) is 1.31. The van der Waals surface area contributed by atoms with Crippen molar-refractivity contribution in [2.75, 3.05) is 22.6 Å². The van der Waals surface area contributed by atoms with Gasteiger partial charge in [0.1, 0.15) is 4.88 Å². The van der Waals surface area contributed by atoms with Gasteiger partial charge in [-0.05, 0) is 18.6 Å². The first-order valence-corrected chi connectivity index (χ1v) is 9.49. The highest BCUT2D eigenvalue weighted by atomic mass is 32.2. The minimum atomic E-state index is -2.92. The molecule has 0 spiro atoms. The summed E-state index contributed by atoms with van der Waals surface area (Å²) in [4.78, 5) is 22.5. The fraction of sp³-hybridized carbons (Fsp3) is 0.455. The summed E-state index contributed by atoms with van der Waals surface area (Å²) in [5, 5.41) is 11.8. The Bertz CT molecular complexity index is 622. The van der Waals surface area contributed by atoms with Gasteiger partial charge in [-0.2, -0.15) is 0 Å². The number of aromatic carboxylic acids is 1. The van der Waals surface area contributed by atoms with Crippen LogP contribution in [0.4, 0.5) is 5.00 Å². The van der Waals surface area contributed by atoms with Crippen LogP contribution in [0.2, 0.25) is 0 Å². The van der Waals surface area contributed by atoms with E-state index in [4.69, 9.17) is 5.11 Å². The highest BCUT2D eigenvalue weighted by Crippen LogP contribution is 2.25. The van der Waals surface area contributed by atoms with E-state index in [9.17, 15) is 18.0 Å². The molecule has 0 bridgehead atoms. The van der Waals surface area contributed by atoms with Crippen LogP contribution < -0.4 is 5.32 Å². The molecule has 0 aliphatic carbocycles. The Balaban J connectivity index is 1.79. The van der Waals surface area contributed by atoms with Crippen LogP contribution in [0.25, 0.3) is 0 Å². The summed E-state index contributed by atoms with van der Waals surface area (Å²) in [7, 11) is -2.92. The monoisotopic (exact) mass is 335 g/mol. The number of rotatable bonds is 5. The molecule has 2 rings (SSSR count). The number of anilines is 1. The summed E-state index contributed by atoms with van der Waals surface area (Å²) >= 11 is 2.31. The second-order valence-corrected chi connectivity index (χ2v) is 8.95. The van der Waals surface area contributed by atoms with E-state index in [0.717, 1.165) is 11.3 Å². The Kier molecular flexibility index (Phi) is 4.71. The molecule has 1 aliphatic heterocycles. The van der Waals surface area contributed by atoms with E-state index in [-0.39, 0.29) is 33.3 Å². The van der Waals surface area contributed by atoms with Gasteiger partial charge in [-0.1, -0.05) is 0 Å². The fourth-order valence-corrected chi connectivity index (χ4v) is 5.98. The first kappa shape index (κ1) is 15.3. The summed E-state index contributed by atoms with van der Waals surface area (Å²) in [5.41, 5.74) is 0. The lowest BCUT2D eigenvalue weighted by atomic mass is 10.4. The topological polar surface area (TPSA) is 101 Å². The molecule has 110 valence electrons. The van der Waals surface area contributed by atoms with Crippen LogP contribution in [0.1, 0.15) is 16.1 Å². The molecule has 1 unspecified atom stereocenters. The molecule has 0 saturated carbocycles. The van der Waals surface area contributed by atoms with Crippen LogP contribution in [-0.2, 0) is 14.6 Å². The first-order valence-electron chi connectivity index (χ1n) is 5.81. The number of carbonyl (C=O) groups excluding carboxylic acids is 1. The lowest BCUT2D eigenvalue weighted by Crippen LogP contribution is -2.16. The van der Waals surface area contributed by atoms with E-state index in [1.165, 1.54) is 23.9 Å². The van der Waals surface area contributed by atoms with Crippen LogP contribution >= 0.6 is 23.1 Å². The van der Waals surface area contributed by atoms with E-state index in [0.29, 0.717) is 11.4 Å². The summed E-state index contributed by atoms with van der Waals surface area (Å²) in [6.45, 7) is 0. The number of thioether (sulfide) groups is 1. The second-order valence-electron chi connectivity index (χ2n) is 4.35. The van der Waals surface area contributed by atoms with Crippen molar-refractivity contribution in [3.63, 3.8) is 0 Å². The molecular formula is C11H13NO5S3. The van der Waals surface area contributed by atoms with Crippen LogP contribution in [0, 0.1) is 0 Å². The lowest BCUT2D eigenvalue weighted by molar-refractivity contribution is -0.113. The second kappa shape index (κ2) is 6.15. The average Bonchev–Trinajstić information content (AvgIpc) is 2.93. The molecule has 2 heterocycles. The van der Waals surface area contributed by atoms with Gasteiger partial charge in [0.2, 0.25) is 5.91 Å². The zero-order chi connectivity index (χ0) is 14.8. The minimum Gasteiger partial charge on any atom is -0.477 e. The van der Waals surface area contributed by atoms with Gasteiger partial charge in [0.15, 0.2) is 9.84 Å². The molecule has 0 radical (unpaired) electrons. The zero-order valence-corrected chi connectivity index (χ0v) is 12.8. The van der Waals surface area contributed by atoms with E-state index in [1.54, 1.807) is 0 Å². The van der Waals surface area contributed by atoms with Crippen molar-refractivity contribution >= 4 is 49.8 Å². The maximum absolute atomic E-state index is 11.7. The number of carbonyl (C=O) groups is 2. The van der Waals surface area contributed by atoms with Gasteiger partial charge in [-0.3, -0.25) is 4.79 Å².